The lowest BCUT2D eigenvalue weighted by atomic mass is 10.0. The van der Waals surface area contributed by atoms with Gasteiger partial charge in [0.1, 0.15) is 0 Å². The highest BCUT2D eigenvalue weighted by Gasteiger charge is 2.03. The fraction of sp³-hybridized carbons (Fsp3) is 0.158. The van der Waals surface area contributed by atoms with Crippen LogP contribution in [0.5, 0.6) is 0 Å². The van der Waals surface area contributed by atoms with Crippen LogP contribution in [-0.2, 0) is 6.54 Å². The van der Waals surface area contributed by atoms with E-state index in [1.54, 1.807) is 0 Å². The number of hydrogen-bond acceptors (Lipinski definition) is 1. The standard InChI is InChI=1S/C19H19N/c1-14-7-5-12-19(15(14)2)20-13-17-10-6-9-16-8-3-4-11-18(16)17/h3-12,20H,13H2,1-2H3. The van der Waals surface area contributed by atoms with Crippen molar-refractivity contribution < 1.29 is 0 Å². The molecule has 20 heavy (non-hydrogen) atoms. The van der Waals surface area contributed by atoms with E-state index in [4.69, 9.17) is 0 Å². The molecule has 0 atom stereocenters. The second-order valence-corrected chi connectivity index (χ2v) is 5.24. The van der Waals surface area contributed by atoms with E-state index in [2.05, 4.69) is 79.8 Å². The molecule has 0 unspecified atom stereocenters. The Bertz CT molecular complexity index is 738. The van der Waals surface area contributed by atoms with Gasteiger partial charge in [-0.2, -0.15) is 0 Å². The van der Waals surface area contributed by atoms with Gasteiger partial charge in [-0.3, -0.25) is 0 Å². The van der Waals surface area contributed by atoms with E-state index in [0.29, 0.717) is 0 Å². The van der Waals surface area contributed by atoms with Crippen LogP contribution in [0.4, 0.5) is 5.69 Å². The minimum atomic E-state index is 0.853. The fourth-order valence-electron chi connectivity index (χ4n) is 2.58. The third-order valence-electron chi connectivity index (χ3n) is 3.95. The first kappa shape index (κ1) is 12.7. The molecule has 3 rings (SSSR count). The molecule has 0 fully saturated rings. The predicted molar refractivity (Wildman–Crippen MR) is 87.2 cm³/mol. The summed E-state index contributed by atoms with van der Waals surface area (Å²) >= 11 is 0. The van der Waals surface area contributed by atoms with Gasteiger partial charge in [0.05, 0.1) is 0 Å². The van der Waals surface area contributed by atoms with Crippen LogP contribution in [0, 0.1) is 13.8 Å². The molecule has 1 nitrogen and oxygen atoms in total. The molecule has 0 aliphatic heterocycles. The van der Waals surface area contributed by atoms with E-state index < -0.39 is 0 Å². The molecule has 0 heterocycles. The quantitative estimate of drug-likeness (QED) is 0.694. The summed E-state index contributed by atoms with van der Waals surface area (Å²) in [7, 11) is 0. The number of nitrogens with one attached hydrogen (secondary N) is 1. The van der Waals surface area contributed by atoms with Crippen LogP contribution < -0.4 is 5.32 Å². The fourth-order valence-corrected chi connectivity index (χ4v) is 2.58. The van der Waals surface area contributed by atoms with Gasteiger partial charge in [0.15, 0.2) is 0 Å². The highest BCUT2D eigenvalue weighted by Crippen LogP contribution is 2.22. The topological polar surface area (TPSA) is 12.0 Å². The number of rotatable bonds is 3. The summed E-state index contributed by atoms with van der Waals surface area (Å²) in [6.07, 6.45) is 0. The van der Waals surface area contributed by atoms with Crippen LogP contribution in [0.2, 0.25) is 0 Å². The van der Waals surface area contributed by atoms with Gasteiger partial charge in [0.2, 0.25) is 0 Å². The largest absolute Gasteiger partial charge is 0.381 e. The molecular weight excluding hydrogens is 242 g/mol. The lowest BCUT2D eigenvalue weighted by molar-refractivity contribution is 1.15. The Kier molecular flexibility index (Phi) is 3.42. The van der Waals surface area contributed by atoms with Gasteiger partial charge in [-0.1, -0.05) is 54.6 Å². The lowest BCUT2D eigenvalue weighted by Crippen LogP contribution is -2.02. The van der Waals surface area contributed by atoms with Crippen LogP contribution in [0.15, 0.2) is 60.7 Å². The maximum absolute atomic E-state index is 3.56. The van der Waals surface area contributed by atoms with Gasteiger partial charge in [0, 0.05) is 12.2 Å². The minimum absolute atomic E-state index is 0.853. The van der Waals surface area contributed by atoms with Crippen molar-refractivity contribution in [3.8, 4) is 0 Å². The molecule has 1 N–H and O–H groups in total. The maximum Gasteiger partial charge on any atom is 0.0407 e. The van der Waals surface area contributed by atoms with E-state index in [-0.39, 0.29) is 0 Å². The van der Waals surface area contributed by atoms with E-state index in [0.717, 1.165) is 6.54 Å². The van der Waals surface area contributed by atoms with E-state index in [9.17, 15) is 0 Å². The van der Waals surface area contributed by atoms with E-state index >= 15 is 0 Å². The van der Waals surface area contributed by atoms with Gasteiger partial charge in [-0.25, -0.2) is 0 Å². The summed E-state index contributed by atoms with van der Waals surface area (Å²) < 4.78 is 0. The molecule has 0 saturated carbocycles. The Morgan fingerprint density at radius 2 is 1.55 bits per heavy atom. The molecule has 0 spiro atoms. The molecular formula is C19H19N. The Labute approximate surface area is 120 Å². The van der Waals surface area contributed by atoms with E-state index in [1.807, 2.05) is 0 Å². The van der Waals surface area contributed by atoms with Gasteiger partial charge >= 0.3 is 0 Å². The number of hydrogen-bond donors (Lipinski definition) is 1. The zero-order valence-electron chi connectivity index (χ0n) is 12.0. The summed E-state index contributed by atoms with van der Waals surface area (Å²) in [5, 5.41) is 6.19. The Hall–Kier alpha value is -2.28. The monoisotopic (exact) mass is 261 g/mol. The van der Waals surface area contributed by atoms with Crippen molar-refractivity contribution in [2.45, 2.75) is 20.4 Å². The molecule has 0 saturated heterocycles. The highest BCUT2D eigenvalue weighted by molar-refractivity contribution is 5.85. The van der Waals surface area contributed by atoms with Crippen molar-refractivity contribution in [2.24, 2.45) is 0 Å². The van der Waals surface area contributed by atoms with Crippen LogP contribution in [0.1, 0.15) is 16.7 Å². The molecule has 0 aliphatic rings. The summed E-state index contributed by atoms with van der Waals surface area (Å²) in [4.78, 5) is 0. The predicted octanol–water partition coefficient (Wildman–Crippen LogP) is 5.07. The van der Waals surface area contributed by atoms with Gasteiger partial charge in [-0.15, -0.1) is 0 Å². The zero-order chi connectivity index (χ0) is 13.9. The maximum atomic E-state index is 3.56. The molecule has 3 aromatic rings. The van der Waals surface area contributed by atoms with Crippen LogP contribution >= 0.6 is 0 Å². The number of fused-ring (bicyclic) bond motifs is 1. The first-order chi connectivity index (χ1) is 9.75. The molecule has 0 bridgehead atoms. The minimum Gasteiger partial charge on any atom is -0.381 e. The van der Waals surface area contributed by atoms with Crippen LogP contribution in [0.3, 0.4) is 0 Å². The van der Waals surface area contributed by atoms with Crippen LogP contribution in [0.25, 0.3) is 10.8 Å². The van der Waals surface area contributed by atoms with Crippen LogP contribution in [-0.4, -0.2) is 0 Å². The Balaban J connectivity index is 1.89. The lowest BCUT2D eigenvalue weighted by Gasteiger charge is -2.13. The number of anilines is 1. The van der Waals surface area contributed by atoms with Crippen molar-refractivity contribution in [3.05, 3.63) is 77.4 Å². The molecule has 0 amide bonds. The van der Waals surface area contributed by atoms with Crippen molar-refractivity contribution in [2.75, 3.05) is 5.32 Å². The Morgan fingerprint density at radius 1 is 0.800 bits per heavy atom. The van der Waals surface area contributed by atoms with E-state index in [1.165, 1.54) is 33.2 Å². The summed E-state index contributed by atoms with van der Waals surface area (Å²) in [5.41, 5.74) is 5.21. The Morgan fingerprint density at radius 3 is 2.45 bits per heavy atom. The average molecular weight is 261 g/mol. The first-order valence-electron chi connectivity index (χ1n) is 7.02. The molecule has 0 aliphatic carbocycles. The summed E-state index contributed by atoms with van der Waals surface area (Å²) in [5.74, 6) is 0. The number of aryl methyl sites for hydroxylation is 1. The molecule has 0 radical (unpaired) electrons. The third-order valence-corrected chi connectivity index (χ3v) is 3.95. The number of benzene rings is 3. The molecule has 0 aromatic heterocycles. The molecule has 3 aromatic carbocycles. The van der Waals surface area contributed by atoms with Crippen molar-refractivity contribution >= 4 is 16.5 Å². The average Bonchev–Trinajstić information content (AvgIpc) is 2.49. The van der Waals surface area contributed by atoms with Gasteiger partial charge < -0.3 is 5.32 Å². The van der Waals surface area contributed by atoms with Crippen molar-refractivity contribution in [1.82, 2.24) is 0 Å². The smallest absolute Gasteiger partial charge is 0.0407 e. The first-order valence-corrected chi connectivity index (χ1v) is 7.02. The second kappa shape index (κ2) is 5.38. The summed E-state index contributed by atoms with van der Waals surface area (Å²) in [6.45, 7) is 5.17. The zero-order valence-corrected chi connectivity index (χ0v) is 12.0. The highest BCUT2D eigenvalue weighted by atomic mass is 14.9. The molecule has 100 valence electrons. The normalized spacial score (nSPS) is 10.7. The second-order valence-electron chi connectivity index (χ2n) is 5.24. The van der Waals surface area contributed by atoms with Crippen molar-refractivity contribution in [1.29, 1.82) is 0 Å². The third kappa shape index (κ3) is 2.39. The van der Waals surface area contributed by atoms with Crippen molar-refractivity contribution in [3.63, 3.8) is 0 Å². The molecule has 1 heteroatoms. The van der Waals surface area contributed by atoms with Gasteiger partial charge in [0.25, 0.3) is 0 Å². The van der Waals surface area contributed by atoms with Gasteiger partial charge in [-0.05, 0) is 47.4 Å². The summed E-state index contributed by atoms with van der Waals surface area (Å²) in [6, 6.07) is 21.4. The SMILES string of the molecule is Cc1cccc(NCc2cccc3ccccc23)c1C.